The number of carbonyl (C=O) groups excluding carboxylic acids is 1. The molecule has 0 bridgehead atoms. The molecule has 2 N–H and O–H groups in total. The summed E-state index contributed by atoms with van der Waals surface area (Å²) in [6.07, 6.45) is 2.06. The van der Waals surface area contributed by atoms with Gasteiger partial charge < -0.3 is 19.9 Å². The van der Waals surface area contributed by atoms with E-state index in [9.17, 15) is 14.0 Å². The van der Waals surface area contributed by atoms with Crippen molar-refractivity contribution in [1.29, 1.82) is 0 Å². The highest BCUT2D eigenvalue weighted by atomic mass is 19.1. The van der Waals surface area contributed by atoms with Crippen LogP contribution in [0.3, 0.4) is 0 Å². The summed E-state index contributed by atoms with van der Waals surface area (Å²) in [5.41, 5.74) is 0.238. The largest absolute Gasteiger partial charge is 0.480 e. The van der Waals surface area contributed by atoms with Gasteiger partial charge in [-0.15, -0.1) is 0 Å². The first-order valence-corrected chi connectivity index (χ1v) is 6.12. The van der Waals surface area contributed by atoms with Crippen LogP contribution in [0.25, 0.3) is 6.08 Å². The Kier molecular flexibility index (Phi) is 6.90. The molecule has 0 saturated carbocycles. The van der Waals surface area contributed by atoms with Gasteiger partial charge in [-0.3, -0.25) is 4.79 Å². The SMILES string of the molecule is COCCNC(=O)COc1c(F)cccc1/C=C/C(=O)O. The van der Waals surface area contributed by atoms with Crippen molar-refractivity contribution in [1.82, 2.24) is 5.32 Å². The van der Waals surface area contributed by atoms with Crippen LogP contribution in [-0.2, 0) is 14.3 Å². The van der Waals surface area contributed by atoms with E-state index in [0.29, 0.717) is 13.2 Å². The molecule has 114 valence electrons. The molecule has 0 unspecified atom stereocenters. The summed E-state index contributed by atoms with van der Waals surface area (Å²) in [5.74, 6) is -2.44. The topological polar surface area (TPSA) is 84.9 Å². The maximum absolute atomic E-state index is 13.7. The van der Waals surface area contributed by atoms with Crippen molar-refractivity contribution >= 4 is 18.0 Å². The lowest BCUT2D eigenvalue weighted by molar-refractivity contribution is -0.131. The fourth-order valence-corrected chi connectivity index (χ4v) is 1.45. The normalized spacial score (nSPS) is 10.6. The summed E-state index contributed by atoms with van der Waals surface area (Å²) in [6, 6.07) is 4.07. The van der Waals surface area contributed by atoms with Crippen molar-refractivity contribution in [3.05, 3.63) is 35.7 Å². The van der Waals surface area contributed by atoms with Gasteiger partial charge in [0.2, 0.25) is 0 Å². The minimum absolute atomic E-state index is 0.170. The highest BCUT2D eigenvalue weighted by Gasteiger charge is 2.10. The number of amides is 1. The maximum Gasteiger partial charge on any atom is 0.328 e. The first-order chi connectivity index (χ1) is 10.0. The molecular formula is C14H16FNO5. The number of hydrogen-bond donors (Lipinski definition) is 2. The smallest absolute Gasteiger partial charge is 0.328 e. The van der Waals surface area contributed by atoms with Crippen LogP contribution in [0.5, 0.6) is 5.75 Å². The van der Waals surface area contributed by atoms with Crippen molar-refractivity contribution in [2.24, 2.45) is 0 Å². The third-order valence-electron chi connectivity index (χ3n) is 2.38. The fraction of sp³-hybridized carbons (Fsp3) is 0.286. The predicted molar refractivity (Wildman–Crippen MR) is 73.5 cm³/mol. The van der Waals surface area contributed by atoms with Crippen molar-refractivity contribution in [2.45, 2.75) is 0 Å². The first-order valence-electron chi connectivity index (χ1n) is 6.12. The summed E-state index contributed by atoms with van der Waals surface area (Å²) in [5, 5.41) is 11.1. The Morgan fingerprint density at radius 1 is 1.43 bits per heavy atom. The number of nitrogens with one attached hydrogen (secondary N) is 1. The van der Waals surface area contributed by atoms with Gasteiger partial charge in [-0.2, -0.15) is 0 Å². The molecule has 0 atom stereocenters. The van der Waals surface area contributed by atoms with Crippen LogP contribution in [0.2, 0.25) is 0 Å². The number of carboxylic acids is 1. The number of halogens is 1. The van der Waals surface area contributed by atoms with E-state index >= 15 is 0 Å². The summed E-state index contributed by atoms with van der Waals surface area (Å²) in [6.45, 7) is 0.304. The molecule has 0 aromatic heterocycles. The lowest BCUT2D eigenvalue weighted by Crippen LogP contribution is -2.31. The van der Waals surface area contributed by atoms with Crippen LogP contribution in [0.1, 0.15) is 5.56 Å². The van der Waals surface area contributed by atoms with E-state index in [0.717, 1.165) is 12.1 Å². The van der Waals surface area contributed by atoms with Crippen molar-refractivity contribution in [2.75, 3.05) is 26.9 Å². The van der Waals surface area contributed by atoms with Gasteiger partial charge in [0.05, 0.1) is 6.61 Å². The summed E-state index contributed by atoms with van der Waals surface area (Å²) >= 11 is 0. The van der Waals surface area contributed by atoms with Gasteiger partial charge in [0, 0.05) is 25.3 Å². The highest BCUT2D eigenvalue weighted by Crippen LogP contribution is 2.23. The van der Waals surface area contributed by atoms with E-state index in [1.165, 1.54) is 25.3 Å². The lowest BCUT2D eigenvalue weighted by Gasteiger charge is -2.10. The molecule has 0 spiro atoms. The number of methoxy groups -OCH3 is 1. The van der Waals surface area contributed by atoms with Crippen molar-refractivity contribution in [3.8, 4) is 5.75 Å². The minimum Gasteiger partial charge on any atom is -0.480 e. The number of ether oxygens (including phenoxy) is 2. The van der Waals surface area contributed by atoms with Gasteiger partial charge in [0.15, 0.2) is 18.2 Å². The average Bonchev–Trinajstić information content (AvgIpc) is 2.44. The zero-order valence-corrected chi connectivity index (χ0v) is 11.5. The Labute approximate surface area is 121 Å². The van der Waals surface area contributed by atoms with E-state index in [2.05, 4.69) is 5.32 Å². The number of carbonyl (C=O) groups is 2. The Morgan fingerprint density at radius 3 is 2.86 bits per heavy atom. The second-order valence-electron chi connectivity index (χ2n) is 3.96. The fourth-order valence-electron chi connectivity index (χ4n) is 1.45. The average molecular weight is 297 g/mol. The van der Waals surface area contributed by atoms with Gasteiger partial charge in [-0.1, -0.05) is 12.1 Å². The summed E-state index contributed by atoms with van der Waals surface area (Å²) < 4.78 is 23.6. The second-order valence-corrected chi connectivity index (χ2v) is 3.96. The van der Waals surface area contributed by atoms with E-state index in [1.807, 2.05) is 0 Å². The summed E-state index contributed by atoms with van der Waals surface area (Å²) in [4.78, 5) is 21.9. The molecule has 1 aromatic carbocycles. The molecule has 1 rings (SSSR count). The van der Waals surface area contributed by atoms with Gasteiger partial charge in [0.25, 0.3) is 5.91 Å². The number of hydrogen-bond acceptors (Lipinski definition) is 4. The molecule has 0 aliphatic heterocycles. The quantitative estimate of drug-likeness (QED) is 0.554. The molecular weight excluding hydrogens is 281 g/mol. The molecule has 0 fully saturated rings. The molecule has 0 aliphatic carbocycles. The third-order valence-corrected chi connectivity index (χ3v) is 2.38. The highest BCUT2D eigenvalue weighted by molar-refractivity contribution is 5.86. The van der Waals surface area contributed by atoms with Crippen LogP contribution in [0.4, 0.5) is 4.39 Å². The second kappa shape index (κ2) is 8.70. The van der Waals surface area contributed by atoms with Crippen LogP contribution in [-0.4, -0.2) is 43.9 Å². The van der Waals surface area contributed by atoms with Gasteiger partial charge in [0.1, 0.15) is 0 Å². The van der Waals surface area contributed by atoms with E-state index < -0.39 is 17.7 Å². The van der Waals surface area contributed by atoms with Crippen LogP contribution >= 0.6 is 0 Å². The van der Waals surface area contributed by atoms with Crippen LogP contribution < -0.4 is 10.1 Å². The minimum atomic E-state index is -1.16. The number of carboxylic acid groups (broad SMARTS) is 1. The van der Waals surface area contributed by atoms with Gasteiger partial charge in [-0.05, 0) is 12.1 Å². The summed E-state index contributed by atoms with van der Waals surface area (Å²) in [7, 11) is 1.50. The Hall–Kier alpha value is -2.41. The maximum atomic E-state index is 13.7. The molecule has 0 heterocycles. The number of benzene rings is 1. The number of rotatable bonds is 8. The molecule has 0 aliphatic rings. The molecule has 1 aromatic rings. The number of para-hydroxylation sites is 1. The van der Waals surface area contributed by atoms with Crippen molar-refractivity contribution in [3.63, 3.8) is 0 Å². The molecule has 0 radical (unpaired) electrons. The van der Waals surface area contributed by atoms with Gasteiger partial charge >= 0.3 is 5.97 Å². The Morgan fingerprint density at radius 2 is 2.19 bits per heavy atom. The third kappa shape index (κ3) is 6.05. The monoisotopic (exact) mass is 297 g/mol. The number of aliphatic carboxylic acids is 1. The molecule has 0 saturated heterocycles. The molecule has 7 heteroatoms. The van der Waals surface area contributed by atoms with E-state index in [1.54, 1.807) is 0 Å². The predicted octanol–water partition coefficient (Wildman–Crippen LogP) is 1.06. The molecule has 21 heavy (non-hydrogen) atoms. The molecule has 1 amide bonds. The van der Waals surface area contributed by atoms with E-state index in [-0.39, 0.29) is 17.9 Å². The Balaban J connectivity index is 2.69. The zero-order chi connectivity index (χ0) is 15.7. The zero-order valence-electron chi connectivity index (χ0n) is 11.5. The van der Waals surface area contributed by atoms with Crippen molar-refractivity contribution < 1.29 is 28.6 Å². The lowest BCUT2D eigenvalue weighted by atomic mass is 10.2. The molecule has 6 nitrogen and oxygen atoms in total. The van der Waals surface area contributed by atoms with Gasteiger partial charge in [-0.25, -0.2) is 9.18 Å². The first kappa shape index (κ1) is 16.6. The van der Waals surface area contributed by atoms with Crippen LogP contribution in [0, 0.1) is 5.82 Å². The Bertz CT molecular complexity index is 530. The van der Waals surface area contributed by atoms with Crippen LogP contribution in [0.15, 0.2) is 24.3 Å². The standard InChI is InChI=1S/C14H16FNO5/c1-20-8-7-16-12(17)9-21-14-10(5-6-13(18)19)3-2-4-11(14)15/h2-6H,7-9H2,1H3,(H,16,17)(H,18,19)/b6-5+. The van der Waals surface area contributed by atoms with E-state index in [4.69, 9.17) is 14.6 Å².